The summed E-state index contributed by atoms with van der Waals surface area (Å²) in [6.45, 7) is -1.33. The highest BCUT2D eigenvalue weighted by Gasteiger charge is 2.33. The Balaban J connectivity index is 1.70. The molecule has 0 bridgehead atoms. The molecule has 2 aromatic heterocycles. The lowest BCUT2D eigenvalue weighted by molar-refractivity contribution is -0.183. The fourth-order valence-electron chi connectivity index (χ4n) is 5.43. The molecule has 0 saturated carbocycles. The Kier molecular flexibility index (Phi) is 6.03. The Labute approximate surface area is 221 Å². The van der Waals surface area contributed by atoms with Crippen molar-refractivity contribution in [2.24, 2.45) is 0 Å². The molecule has 1 saturated heterocycles. The molecule has 0 spiro atoms. The van der Waals surface area contributed by atoms with Crippen LogP contribution < -0.4 is 14.4 Å². The number of phenols is 1. The molecule has 0 amide bonds. The van der Waals surface area contributed by atoms with Crippen molar-refractivity contribution < 1.29 is 29.2 Å². The van der Waals surface area contributed by atoms with Crippen LogP contribution in [0, 0.1) is 29.5 Å². The molecule has 196 valence electrons. The van der Waals surface area contributed by atoms with Crippen LogP contribution in [0.4, 0.5) is 10.2 Å². The van der Waals surface area contributed by atoms with E-state index in [1.165, 1.54) is 18.2 Å². The highest BCUT2D eigenvalue weighted by molar-refractivity contribution is 6.04. The molecule has 4 heterocycles. The van der Waals surface area contributed by atoms with Gasteiger partial charge in [-0.05, 0) is 36.4 Å². The van der Waals surface area contributed by atoms with Gasteiger partial charge >= 0.3 is 12.5 Å². The van der Waals surface area contributed by atoms with E-state index in [1.807, 2.05) is 11.0 Å². The van der Waals surface area contributed by atoms with E-state index in [1.54, 1.807) is 6.07 Å². The number of halogens is 1. The van der Waals surface area contributed by atoms with Gasteiger partial charge in [-0.3, -0.25) is 0 Å². The van der Waals surface area contributed by atoms with Crippen LogP contribution in [-0.2, 0) is 0 Å². The Morgan fingerprint density at radius 2 is 2.00 bits per heavy atom. The van der Waals surface area contributed by atoms with Crippen molar-refractivity contribution >= 4 is 27.5 Å². The second kappa shape index (κ2) is 9.55. The minimum Gasteiger partial charge on any atom is -0.508 e. The first-order chi connectivity index (χ1) is 18.9. The van der Waals surface area contributed by atoms with Gasteiger partial charge in [0.25, 0.3) is 0 Å². The zero-order valence-electron chi connectivity index (χ0n) is 20.6. The Hall–Kier alpha value is -4.71. The molecule has 4 aromatic rings. The van der Waals surface area contributed by atoms with Crippen LogP contribution in [0.3, 0.4) is 0 Å². The van der Waals surface area contributed by atoms with Crippen LogP contribution >= 0.6 is 0 Å². The van der Waals surface area contributed by atoms with Gasteiger partial charge in [0.05, 0.1) is 17.2 Å². The third-order valence-corrected chi connectivity index (χ3v) is 7.11. The molecule has 2 aromatic carbocycles. The number of fused-ring (bicyclic) bond motifs is 3. The van der Waals surface area contributed by atoms with Gasteiger partial charge in [-0.1, -0.05) is 24.8 Å². The molecular weight excluding hydrogens is 505 g/mol. The number of hydrogen-bond donors (Lipinski definition) is 3. The quantitative estimate of drug-likeness (QED) is 0.268. The number of rotatable bonds is 3. The molecular formula is C28H22FN5O5. The van der Waals surface area contributed by atoms with Crippen LogP contribution in [0.25, 0.3) is 32.9 Å². The summed E-state index contributed by atoms with van der Waals surface area (Å²) in [7, 11) is 0. The number of pyridine rings is 1. The molecule has 0 radical (unpaired) electrons. The lowest BCUT2D eigenvalue weighted by Gasteiger charge is -2.29. The highest BCUT2D eigenvalue weighted by Crippen LogP contribution is 2.43. The summed E-state index contributed by atoms with van der Waals surface area (Å²) in [5.74, 6) is 1.87. The molecule has 1 atom stereocenters. The van der Waals surface area contributed by atoms with E-state index in [4.69, 9.17) is 15.9 Å². The van der Waals surface area contributed by atoms with Gasteiger partial charge in [-0.2, -0.15) is 15.2 Å². The number of benzene rings is 2. The lowest BCUT2D eigenvalue weighted by Crippen LogP contribution is -2.38. The van der Waals surface area contributed by atoms with Crippen molar-refractivity contribution in [3.05, 3.63) is 41.2 Å². The maximum atomic E-state index is 16.5. The van der Waals surface area contributed by atoms with E-state index < -0.39 is 18.3 Å². The van der Waals surface area contributed by atoms with Gasteiger partial charge in [0, 0.05) is 17.5 Å². The van der Waals surface area contributed by atoms with Crippen LogP contribution in [-0.4, -0.2) is 55.9 Å². The van der Waals surface area contributed by atoms with Crippen molar-refractivity contribution in [3.8, 4) is 47.3 Å². The summed E-state index contributed by atoms with van der Waals surface area (Å²) in [4.78, 5) is 15.1. The summed E-state index contributed by atoms with van der Waals surface area (Å²) >= 11 is 0. The number of terminal acetylenes is 1. The minimum atomic E-state index is -2.22. The van der Waals surface area contributed by atoms with E-state index in [2.05, 4.69) is 20.9 Å². The smallest absolute Gasteiger partial charge is 0.323 e. The number of hydrogen-bond acceptors (Lipinski definition) is 10. The summed E-state index contributed by atoms with van der Waals surface area (Å²) in [6, 6.07) is 7.45. The van der Waals surface area contributed by atoms with E-state index in [9.17, 15) is 20.6 Å². The molecule has 1 unspecified atom stereocenters. The second-order valence-corrected chi connectivity index (χ2v) is 9.42. The van der Waals surface area contributed by atoms with E-state index in [-0.39, 0.29) is 57.6 Å². The predicted octanol–water partition coefficient (Wildman–Crippen LogP) is 3.33. The Bertz CT molecular complexity index is 1730. The Morgan fingerprint density at radius 1 is 1.15 bits per heavy atom. The summed E-state index contributed by atoms with van der Waals surface area (Å²) in [5.41, 5.74) is 0.135. The van der Waals surface area contributed by atoms with Crippen molar-refractivity contribution in [2.45, 2.75) is 38.2 Å². The van der Waals surface area contributed by atoms with Crippen molar-refractivity contribution in [3.63, 3.8) is 0 Å². The summed E-state index contributed by atoms with van der Waals surface area (Å²) in [5, 5.41) is 40.0. The van der Waals surface area contributed by atoms with Crippen molar-refractivity contribution in [1.29, 1.82) is 5.26 Å². The molecule has 10 nitrogen and oxygen atoms in total. The molecule has 6 rings (SSSR count). The fraction of sp³-hybridized carbons (Fsp3) is 0.286. The zero-order valence-corrected chi connectivity index (χ0v) is 20.6. The van der Waals surface area contributed by atoms with Gasteiger partial charge in [-0.25, -0.2) is 9.37 Å². The topological polar surface area (TPSA) is 145 Å². The molecule has 1 fully saturated rings. The van der Waals surface area contributed by atoms with Gasteiger partial charge in [-0.15, -0.1) is 6.42 Å². The SMILES string of the molecule is C#Cc1c(C#N)ccc2cc(O)cc(-c3nc4c5c(nc(OC(O)O)nc5c3F)N3CCCCCC3CO4)c12. The number of nitrogens with zero attached hydrogens (tertiary/aromatic N) is 5. The first-order valence-electron chi connectivity index (χ1n) is 12.4. The van der Waals surface area contributed by atoms with Crippen LogP contribution in [0.2, 0.25) is 0 Å². The number of phenolic OH excluding ortho intramolecular Hbond substituents is 1. The maximum absolute atomic E-state index is 16.5. The Morgan fingerprint density at radius 3 is 2.77 bits per heavy atom. The van der Waals surface area contributed by atoms with E-state index in [0.717, 1.165) is 25.7 Å². The maximum Gasteiger partial charge on any atom is 0.323 e. The van der Waals surface area contributed by atoms with Gasteiger partial charge in [0.2, 0.25) is 5.88 Å². The lowest BCUT2D eigenvalue weighted by atomic mass is 9.93. The van der Waals surface area contributed by atoms with Crippen LogP contribution in [0.5, 0.6) is 17.6 Å². The summed E-state index contributed by atoms with van der Waals surface area (Å²) in [6.07, 6.45) is 9.46. The number of aromatic nitrogens is 3. The first-order valence-corrected chi connectivity index (χ1v) is 12.4. The monoisotopic (exact) mass is 527 g/mol. The zero-order chi connectivity index (χ0) is 27.3. The molecule has 0 aliphatic carbocycles. The third-order valence-electron chi connectivity index (χ3n) is 7.11. The minimum absolute atomic E-state index is 0.0777. The average Bonchev–Trinajstić information content (AvgIpc) is 3.23. The van der Waals surface area contributed by atoms with E-state index >= 15 is 4.39 Å². The van der Waals surface area contributed by atoms with E-state index in [0.29, 0.717) is 23.1 Å². The van der Waals surface area contributed by atoms with Crippen LogP contribution in [0.1, 0.15) is 36.8 Å². The van der Waals surface area contributed by atoms with Gasteiger partial charge in [0.15, 0.2) is 5.82 Å². The second-order valence-electron chi connectivity index (χ2n) is 9.42. The van der Waals surface area contributed by atoms with Crippen LogP contribution in [0.15, 0.2) is 24.3 Å². The number of nitriles is 1. The largest absolute Gasteiger partial charge is 0.508 e. The number of aromatic hydroxyl groups is 1. The van der Waals surface area contributed by atoms with Gasteiger partial charge < -0.3 is 29.7 Å². The molecule has 39 heavy (non-hydrogen) atoms. The molecule has 2 aliphatic heterocycles. The fourth-order valence-corrected chi connectivity index (χ4v) is 5.43. The summed E-state index contributed by atoms with van der Waals surface area (Å²) < 4.78 is 27.6. The average molecular weight is 528 g/mol. The number of anilines is 1. The molecule has 3 N–H and O–H groups in total. The first kappa shape index (κ1) is 24.6. The number of aliphatic hydroxyl groups excluding tert-OH is 1. The predicted molar refractivity (Wildman–Crippen MR) is 138 cm³/mol. The highest BCUT2D eigenvalue weighted by atomic mass is 19.1. The number of ether oxygens (including phenoxy) is 2. The van der Waals surface area contributed by atoms with Gasteiger partial charge in [0.1, 0.15) is 40.8 Å². The van der Waals surface area contributed by atoms with Crippen molar-refractivity contribution in [2.75, 3.05) is 18.1 Å². The third kappa shape index (κ3) is 4.09. The molecule has 2 aliphatic rings. The normalized spacial score (nSPS) is 16.7. The molecule has 11 heteroatoms. The van der Waals surface area contributed by atoms with Crippen molar-refractivity contribution in [1.82, 2.24) is 15.0 Å². The standard InChI is InChI=1S/C28H22FN5O5/c1-2-18-15(12-30)8-7-14-10-17(35)11-19(20(14)18)23-22(29)24-21-25(33-27(32-24)39-28(36)37)34-9-5-3-4-6-16(34)13-38-26(21)31-23/h1,7-8,10-11,16,28,35-37H,3-6,9,13H2. The number of aliphatic hydroxyl groups is 2.